The summed E-state index contributed by atoms with van der Waals surface area (Å²) >= 11 is 0. The highest BCUT2D eigenvalue weighted by atomic mass is 16.6. The molecule has 25 heavy (non-hydrogen) atoms. The third-order valence-electron chi connectivity index (χ3n) is 3.72. The van der Waals surface area contributed by atoms with Gasteiger partial charge in [-0.25, -0.2) is 0 Å². The zero-order valence-electron chi connectivity index (χ0n) is 18.1. The molecule has 0 unspecified atom stereocenters. The molecule has 148 valence electrons. The molecule has 0 aliphatic rings. The molecule has 0 fully saturated rings. The van der Waals surface area contributed by atoms with Gasteiger partial charge in [-0.05, 0) is 75.2 Å². The minimum Gasteiger partial charge on any atom is -0.459 e. The van der Waals surface area contributed by atoms with Crippen molar-refractivity contribution in [3.05, 3.63) is 0 Å². The summed E-state index contributed by atoms with van der Waals surface area (Å²) in [6.07, 6.45) is 0. The van der Waals surface area contributed by atoms with Crippen LogP contribution in [-0.2, 0) is 19.1 Å². The van der Waals surface area contributed by atoms with E-state index in [-0.39, 0.29) is 5.92 Å². The van der Waals surface area contributed by atoms with Gasteiger partial charge < -0.3 is 9.47 Å². The van der Waals surface area contributed by atoms with E-state index in [1.807, 2.05) is 6.92 Å². The van der Waals surface area contributed by atoms with Gasteiger partial charge in [-0.1, -0.05) is 6.92 Å². The highest BCUT2D eigenvalue weighted by molar-refractivity contribution is 5.95. The average Bonchev–Trinajstić information content (AvgIpc) is 2.30. The molecule has 1 atom stereocenters. The molecule has 0 aromatic carbocycles. The second kappa shape index (κ2) is 9.02. The van der Waals surface area contributed by atoms with Gasteiger partial charge in [0.2, 0.25) is 0 Å². The fourth-order valence-corrected chi connectivity index (χ4v) is 2.75. The molecule has 5 heteroatoms. The Morgan fingerprint density at radius 3 is 1.32 bits per heavy atom. The summed E-state index contributed by atoms with van der Waals surface area (Å²) in [5.74, 6) is -2.17. The lowest BCUT2D eigenvalue weighted by Gasteiger charge is -2.35. The standard InChI is InChI=1S/C20H39NO4/c1-13(2)21(14(3)4)12-15(5)16(17(22)24-19(6,7)8)18(23)25-20(9,10)11/h13-16H,12H2,1-11H3/t15-/m0/s1. The zero-order chi connectivity index (χ0) is 20.2. The van der Waals surface area contributed by atoms with Crippen molar-refractivity contribution in [3.8, 4) is 0 Å². The predicted octanol–water partition coefficient (Wildman–Crippen LogP) is 4.04. The summed E-state index contributed by atoms with van der Waals surface area (Å²) in [5.41, 5.74) is -1.29. The van der Waals surface area contributed by atoms with Crippen LogP contribution in [0.15, 0.2) is 0 Å². The molecular formula is C20H39NO4. The summed E-state index contributed by atoms with van der Waals surface area (Å²) in [6, 6.07) is 0.640. The van der Waals surface area contributed by atoms with Crippen LogP contribution in [0.1, 0.15) is 76.2 Å². The molecule has 0 aliphatic carbocycles. The lowest BCUT2D eigenvalue weighted by molar-refractivity contribution is -0.177. The predicted molar refractivity (Wildman–Crippen MR) is 101 cm³/mol. The highest BCUT2D eigenvalue weighted by Gasteiger charge is 2.39. The van der Waals surface area contributed by atoms with Crippen LogP contribution >= 0.6 is 0 Å². The summed E-state index contributed by atoms with van der Waals surface area (Å²) in [5, 5.41) is 0. The van der Waals surface area contributed by atoms with E-state index in [1.165, 1.54) is 0 Å². The van der Waals surface area contributed by atoms with Gasteiger partial charge in [-0.3, -0.25) is 14.5 Å². The summed E-state index contributed by atoms with van der Waals surface area (Å²) < 4.78 is 11.0. The van der Waals surface area contributed by atoms with Gasteiger partial charge in [0, 0.05) is 18.6 Å². The first-order valence-electron chi connectivity index (χ1n) is 9.26. The summed E-state index contributed by atoms with van der Waals surface area (Å²) in [4.78, 5) is 27.7. The number of hydrogen-bond donors (Lipinski definition) is 0. The van der Waals surface area contributed by atoms with Gasteiger partial charge in [0.25, 0.3) is 0 Å². The Bertz CT molecular complexity index is 408. The van der Waals surface area contributed by atoms with E-state index in [4.69, 9.17) is 9.47 Å². The smallest absolute Gasteiger partial charge is 0.321 e. The van der Waals surface area contributed by atoms with E-state index in [1.54, 1.807) is 41.5 Å². The van der Waals surface area contributed by atoms with Gasteiger partial charge in [0.15, 0.2) is 5.92 Å². The Hall–Kier alpha value is -1.10. The van der Waals surface area contributed by atoms with Gasteiger partial charge in [0.05, 0.1) is 0 Å². The highest BCUT2D eigenvalue weighted by Crippen LogP contribution is 2.24. The lowest BCUT2D eigenvalue weighted by Crippen LogP contribution is -2.46. The number of rotatable bonds is 7. The molecule has 0 aromatic heterocycles. The molecule has 0 heterocycles. The average molecular weight is 358 g/mol. The minimum absolute atomic E-state index is 0.213. The molecule has 0 amide bonds. The van der Waals surface area contributed by atoms with E-state index >= 15 is 0 Å². The maximum atomic E-state index is 12.7. The van der Waals surface area contributed by atoms with Crippen LogP contribution in [0.4, 0.5) is 0 Å². The number of ether oxygens (including phenoxy) is 2. The largest absolute Gasteiger partial charge is 0.459 e. The van der Waals surface area contributed by atoms with Crippen molar-refractivity contribution in [1.29, 1.82) is 0 Å². The third-order valence-corrected chi connectivity index (χ3v) is 3.72. The first-order valence-corrected chi connectivity index (χ1v) is 9.26. The van der Waals surface area contributed by atoms with Gasteiger partial charge in [0.1, 0.15) is 11.2 Å². The number of carbonyl (C=O) groups excluding carboxylic acids is 2. The fourth-order valence-electron chi connectivity index (χ4n) is 2.75. The van der Waals surface area contributed by atoms with Crippen molar-refractivity contribution < 1.29 is 19.1 Å². The van der Waals surface area contributed by atoms with Gasteiger partial charge in [-0.15, -0.1) is 0 Å². The quantitative estimate of drug-likeness (QED) is 0.508. The molecule has 0 saturated carbocycles. The van der Waals surface area contributed by atoms with E-state index in [0.717, 1.165) is 0 Å². The van der Waals surface area contributed by atoms with Crippen LogP contribution in [0.5, 0.6) is 0 Å². The number of esters is 2. The van der Waals surface area contributed by atoms with Crippen LogP contribution in [0.25, 0.3) is 0 Å². The molecule has 0 rings (SSSR count). The molecule has 0 spiro atoms. The van der Waals surface area contributed by atoms with E-state index in [9.17, 15) is 9.59 Å². The first-order chi connectivity index (χ1) is 11.0. The monoisotopic (exact) mass is 357 g/mol. The Morgan fingerprint density at radius 1 is 0.760 bits per heavy atom. The fraction of sp³-hybridized carbons (Fsp3) is 0.900. The molecule has 0 aromatic rings. The van der Waals surface area contributed by atoms with Crippen molar-refractivity contribution in [1.82, 2.24) is 4.90 Å². The van der Waals surface area contributed by atoms with Crippen LogP contribution in [0, 0.1) is 11.8 Å². The Balaban J connectivity index is 5.48. The Morgan fingerprint density at radius 2 is 1.08 bits per heavy atom. The van der Waals surface area contributed by atoms with Crippen molar-refractivity contribution >= 4 is 11.9 Å². The number of carbonyl (C=O) groups is 2. The molecular weight excluding hydrogens is 318 g/mol. The molecule has 0 radical (unpaired) electrons. The van der Waals surface area contributed by atoms with Crippen LogP contribution in [0.3, 0.4) is 0 Å². The SMILES string of the molecule is CC(C)N(C[C@H](C)C(C(=O)OC(C)(C)C)C(=O)OC(C)(C)C)C(C)C. The molecule has 0 N–H and O–H groups in total. The van der Waals surface area contributed by atoms with Crippen molar-refractivity contribution in [2.75, 3.05) is 6.54 Å². The lowest BCUT2D eigenvalue weighted by atomic mass is 9.92. The summed E-state index contributed by atoms with van der Waals surface area (Å²) in [7, 11) is 0. The minimum atomic E-state index is -0.932. The molecule has 0 aliphatic heterocycles. The Kier molecular flexibility index (Phi) is 8.62. The van der Waals surface area contributed by atoms with Crippen LogP contribution in [0.2, 0.25) is 0 Å². The van der Waals surface area contributed by atoms with E-state index < -0.39 is 29.1 Å². The van der Waals surface area contributed by atoms with Gasteiger partial charge >= 0.3 is 11.9 Å². The van der Waals surface area contributed by atoms with Crippen molar-refractivity contribution in [2.45, 2.75) is 99.4 Å². The zero-order valence-corrected chi connectivity index (χ0v) is 18.1. The molecule has 0 saturated heterocycles. The van der Waals surface area contributed by atoms with Crippen LogP contribution in [-0.4, -0.2) is 46.7 Å². The normalized spacial score (nSPS) is 14.4. The maximum absolute atomic E-state index is 12.7. The molecule has 0 bridgehead atoms. The van der Waals surface area contributed by atoms with Crippen molar-refractivity contribution in [3.63, 3.8) is 0 Å². The van der Waals surface area contributed by atoms with Crippen molar-refractivity contribution in [2.24, 2.45) is 11.8 Å². The topological polar surface area (TPSA) is 55.8 Å². The molecule has 5 nitrogen and oxygen atoms in total. The second-order valence-electron chi connectivity index (χ2n) is 9.41. The Labute approximate surface area is 154 Å². The number of nitrogens with zero attached hydrogens (tertiary/aromatic N) is 1. The van der Waals surface area contributed by atoms with Crippen LogP contribution < -0.4 is 0 Å². The van der Waals surface area contributed by atoms with Gasteiger partial charge in [-0.2, -0.15) is 0 Å². The maximum Gasteiger partial charge on any atom is 0.321 e. The third kappa shape index (κ3) is 9.24. The van der Waals surface area contributed by atoms with E-state index in [0.29, 0.717) is 18.6 Å². The van der Waals surface area contributed by atoms with E-state index in [2.05, 4.69) is 32.6 Å². The number of hydrogen-bond acceptors (Lipinski definition) is 5. The first kappa shape index (κ1) is 23.9. The summed E-state index contributed by atoms with van der Waals surface area (Å²) in [6.45, 7) is 21.8. The second-order valence-corrected chi connectivity index (χ2v) is 9.41.